The normalized spacial score (nSPS) is 17.9. The number of rotatable bonds is 8. The SMILES string of the molecule is CC(C)Oc1ccccc1NC(=O)C1CC1C(=O)N(Cc1ccccc1)C(C)C. The molecule has 5 nitrogen and oxygen atoms in total. The van der Waals surface area contributed by atoms with Gasteiger partial charge in [-0.2, -0.15) is 0 Å². The number of hydrogen-bond donors (Lipinski definition) is 1. The average molecular weight is 395 g/mol. The molecule has 0 aliphatic heterocycles. The predicted molar refractivity (Wildman–Crippen MR) is 115 cm³/mol. The Balaban J connectivity index is 1.63. The molecular formula is C24H30N2O3. The second-order valence-electron chi connectivity index (χ2n) is 8.15. The van der Waals surface area contributed by atoms with Gasteiger partial charge in [-0.3, -0.25) is 9.59 Å². The van der Waals surface area contributed by atoms with Crippen molar-refractivity contribution in [2.75, 3.05) is 5.32 Å². The van der Waals surface area contributed by atoms with Crippen LogP contribution in [0.2, 0.25) is 0 Å². The highest BCUT2D eigenvalue weighted by atomic mass is 16.5. The standard InChI is InChI=1S/C24H30N2O3/c1-16(2)26(15-18-10-6-5-7-11-18)24(28)20-14-19(20)23(27)25-21-12-8-9-13-22(21)29-17(3)4/h5-13,16-17,19-20H,14-15H2,1-4H3,(H,25,27). The molecule has 5 heteroatoms. The van der Waals surface area contributed by atoms with Crippen molar-refractivity contribution in [2.24, 2.45) is 11.8 Å². The molecule has 2 amide bonds. The molecule has 0 radical (unpaired) electrons. The van der Waals surface area contributed by atoms with Crippen molar-refractivity contribution in [3.05, 3.63) is 60.2 Å². The summed E-state index contributed by atoms with van der Waals surface area (Å²) >= 11 is 0. The van der Waals surface area contributed by atoms with Gasteiger partial charge in [0.2, 0.25) is 11.8 Å². The Kier molecular flexibility index (Phi) is 6.57. The minimum atomic E-state index is -0.286. The van der Waals surface area contributed by atoms with Gasteiger partial charge in [-0.25, -0.2) is 0 Å². The number of nitrogens with one attached hydrogen (secondary N) is 1. The van der Waals surface area contributed by atoms with Gasteiger partial charge in [0.1, 0.15) is 5.75 Å². The zero-order valence-electron chi connectivity index (χ0n) is 17.6. The van der Waals surface area contributed by atoms with Crippen molar-refractivity contribution >= 4 is 17.5 Å². The van der Waals surface area contributed by atoms with Crippen molar-refractivity contribution < 1.29 is 14.3 Å². The Morgan fingerprint density at radius 1 is 1.00 bits per heavy atom. The highest BCUT2D eigenvalue weighted by Gasteiger charge is 2.50. The molecule has 154 valence electrons. The number of amides is 2. The van der Waals surface area contributed by atoms with Gasteiger partial charge in [0.05, 0.1) is 23.6 Å². The molecule has 0 bridgehead atoms. The van der Waals surface area contributed by atoms with Crippen LogP contribution in [-0.4, -0.2) is 28.9 Å². The minimum absolute atomic E-state index is 0.0147. The van der Waals surface area contributed by atoms with Crippen LogP contribution in [0.5, 0.6) is 5.75 Å². The van der Waals surface area contributed by atoms with Crippen molar-refractivity contribution in [2.45, 2.75) is 52.8 Å². The van der Waals surface area contributed by atoms with Gasteiger partial charge < -0.3 is 15.0 Å². The van der Waals surface area contributed by atoms with E-state index in [1.165, 1.54) is 0 Å². The third-order valence-corrected chi connectivity index (χ3v) is 5.05. The first kappa shape index (κ1) is 20.9. The van der Waals surface area contributed by atoms with Crippen molar-refractivity contribution in [3.63, 3.8) is 0 Å². The number of hydrogen-bond acceptors (Lipinski definition) is 3. The molecule has 1 fully saturated rings. The second-order valence-corrected chi connectivity index (χ2v) is 8.15. The maximum atomic E-state index is 13.1. The van der Waals surface area contributed by atoms with E-state index in [1.807, 2.05) is 87.2 Å². The molecule has 2 atom stereocenters. The van der Waals surface area contributed by atoms with Gasteiger partial charge in [0, 0.05) is 12.6 Å². The van der Waals surface area contributed by atoms with Crippen molar-refractivity contribution in [1.29, 1.82) is 0 Å². The maximum Gasteiger partial charge on any atom is 0.228 e. The molecule has 29 heavy (non-hydrogen) atoms. The minimum Gasteiger partial charge on any atom is -0.489 e. The maximum absolute atomic E-state index is 13.1. The summed E-state index contributed by atoms with van der Waals surface area (Å²) < 4.78 is 5.77. The topological polar surface area (TPSA) is 58.6 Å². The lowest BCUT2D eigenvalue weighted by atomic mass is 10.1. The van der Waals surface area contributed by atoms with Crippen molar-refractivity contribution in [1.82, 2.24) is 4.90 Å². The summed E-state index contributed by atoms with van der Waals surface area (Å²) in [5.41, 5.74) is 1.74. The van der Waals surface area contributed by atoms with E-state index in [0.717, 1.165) is 5.56 Å². The summed E-state index contributed by atoms with van der Waals surface area (Å²) in [5, 5.41) is 2.95. The van der Waals surface area contributed by atoms with E-state index in [-0.39, 0.29) is 35.8 Å². The van der Waals surface area contributed by atoms with Crippen LogP contribution >= 0.6 is 0 Å². The first-order chi connectivity index (χ1) is 13.9. The Morgan fingerprint density at radius 2 is 1.66 bits per heavy atom. The summed E-state index contributed by atoms with van der Waals surface area (Å²) in [6, 6.07) is 17.4. The molecule has 1 N–H and O–H groups in total. The summed E-state index contributed by atoms with van der Waals surface area (Å²) in [6.07, 6.45) is 0.608. The fourth-order valence-electron chi connectivity index (χ4n) is 3.42. The number of carbonyl (C=O) groups is 2. The molecule has 0 aromatic heterocycles. The van der Waals surface area contributed by atoms with Crippen LogP contribution in [0, 0.1) is 11.8 Å². The molecule has 0 saturated heterocycles. The summed E-state index contributed by atoms with van der Waals surface area (Å²) in [7, 11) is 0. The zero-order valence-corrected chi connectivity index (χ0v) is 17.6. The lowest BCUT2D eigenvalue weighted by Gasteiger charge is -2.27. The third-order valence-electron chi connectivity index (χ3n) is 5.05. The van der Waals surface area contributed by atoms with E-state index in [4.69, 9.17) is 4.74 Å². The van der Waals surface area contributed by atoms with E-state index in [1.54, 1.807) is 0 Å². The molecule has 2 unspecified atom stereocenters. The molecule has 1 aliphatic rings. The number of carbonyl (C=O) groups excluding carboxylic acids is 2. The fraction of sp³-hybridized carbons (Fsp3) is 0.417. The Morgan fingerprint density at radius 3 is 2.31 bits per heavy atom. The lowest BCUT2D eigenvalue weighted by molar-refractivity contribution is -0.136. The van der Waals surface area contributed by atoms with E-state index in [0.29, 0.717) is 24.4 Å². The number of para-hydroxylation sites is 2. The summed E-state index contributed by atoms with van der Waals surface area (Å²) in [4.78, 5) is 27.7. The van der Waals surface area contributed by atoms with Crippen LogP contribution in [0.25, 0.3) is 0 Å². The molecule has 1 aliphatic carbocycles. The third kappa shape index (κ3) is 5.37. The van der Waals surface area contributed by atoms with E-state index < -0.39 is 0 Å². The molecule has 2 aromatic carbocycles. The first-order valence-corrected chi connectivity index (χ1v) is 10.3. The summed E-state index contributed by atoms with van der Waals surface area (Å²) in [5.74, 6) is 0.0421. The van der Waals surface area contributed by atoms with Gasteiger partial charge in [0.25, 0.3) is 0 Å². The predicted octanol–water partition coefficient (Wildman–Crippen LogP) is 4.49. The molecular weight excluding hydrogens is 364 g/mol. The smallest absolute Gasteiger partial charge is 0.228 e. The Hall–Kier alpha value is -2.82. The molecule has 2 aromatic rings. The number of nitrogens with zero attached hydrogens (tertiary/aromatic N) is 1. The second kappa shape index (κ2) is 9.12. The van der Waals surface area contributed by atoms with E-state index in [9.17, 15) is 9.59 Å². The van der Waals surface area contributed by atoms with Crippen LogP contribution in [0.15, 0.2) is 54.6 Å². The van der Waals surface area contributed by atoms with Gasteiger partial charge in [-0.15, -0.1) is 0 Å². The van der Waals surface area contributed by atoms with Crippen LogP contribution in [-0.2, 0) is 16.1 Å². The molecule has 3 rings (SSSR count). The largest absolute Gasteiger partial charge is 0.489 e. The average Bonchev–Trinajstić information content (AvgIpc) is 3.48. The quantitative estimate of drug-likeness (QED) is 0.718. The van der Waals surface area contributed by atoms with E-state index >= 15 is 0 Å². The Bertz CT molecular complexity index is 848. The molecule has 1 saturated carbocycles. The van der Waals surface area contributed by atoms with Gasteiger partial charge in [-0.1, -0.05) is 42.5 Å². The van der Waals surface area contributed by atoms with Crippen LogP contribution < -0.4 is 10.1 Å². The van der Waals surface area contributed by atoms with E-state index in [2.05, 4.69) is 5.32 Å². The van der Waals surface area contributed by atoms with Gasteiger partial charge >= 0.3 is 0 Å². The first-order valence-electron chi connectivity index (χ1n) is 10.3. The zero-order chi connectivity index (χ0) is 21.0. The van der Waals surface area contributed by atoms with Gasteiger partial charge in [-0.05, 0) is 51.8 Å². The fourth-order valence-corrected chi connectivity index (χ4v) is 3.42. The van der Waals surface area contributed by atoms with Crippen LogP contribution in [0.4, 0.5) is 5.69 Å². The summed E-state index contributed by atoms with van der Waals surface area (Å²) in [6.45, 7) is 8.48. The number of ether oxygens (including phenoxy) is 1. The number of anilines is 1. The molecule has 0 spiro atoms. The highest BCUT2D eigenvalue weighted by Crippen LogP contribution is 2.42. The van der Waals surface area contributed by atoms with Crippen LogP contribution in [0.1, 0.15) is 39.7 Å². The van der Waals surface area contributed by atoms with Crippen molar-refractivity contribution in [3.8, 4) is 5.75 Å². The lowest BCUT2D eigenvalue weighted by Crippen LogP contribution is -2.38. The monoisotopic (exact) mass is 394 g/mol. The highest BCUT2D eigenvalue weighted by molar-refractivity contribution is 6.00. The van der Waals surface area contributed by atoms with Gasteiger partial charge in [0.15, 0.2) is 0 Å². The van der Waals surface area contributed by atoms with Crippen LogP contribution in [0.3, 0.4) is 0 Å². The molecule has 0 heterocycles. The number of benzene rings is 2. The Labute approximate surface area is 173 Å².